The second kappa shape index (κ2) is 6.24. The van der Waals surface area contributed by atoms with Gasteiger partial charge in [-0.1, -0.05) is 11.6 Å². The van der Waals surface area contributed by atoms with Crippen LogP contribution in [0.2, 0.25) is 5.02 Å². The summed E-state index contributed by atoms with van der Waals surface area (Å²) in [6.07, 6.45) is 2.39. The van der Waals surface area contributed by atoms with Gasteiger partial charge in [-0.05, 0) is 62.5 Å². The van der Waals surface area contributed by atoms with Crippen LogP contribution in [0.3, 0.4) is 0 Å². The van der Waals surface area contributed by atoms with Crippen LogP contribution < -0.4 is 10.1 Å². The van der Waals surface area contributed by atoms with Gasteiger partial charge in [-0.15, -0.1) is 0 Å². The Bertz CT molecular complexity index is 527. The first kappa shape index (κ1) is 14.7. The molecule has 3 aliphatic rings. The zero-order valence-corrected chi connectivity index (χ0v) is 13.0. The Morgan fingerprint density at radius 1 is 1.43 bits per heavy atom. The minimum absolute atomic E-state index is 0.0388. The van der Waals surface area contributed by atoms with Gasteiger partial charge in [0.15, 0.2) is 6.61 Å². The average Bonchev–Trinajstić information content (AvgIpc) is 2.47. The van der Waals surface area contributed by atoms with E-state index in [2.05, 4.69) is 10.2 Å². The smallest absolute Gasteiger partial charge is 0.258 e. The summed E-state index contributed by atoms with van der Waals surface area (Å²) in [5.74, 6) is 1.31. The molecule has 21 heavy (non-hydrogen) atoms. The van der Waals surface area contributed by atoms with Crippen molar-refractivity contribution >= 4 is 17.5 Å². The topological polar surface area (TPSA) is 41.6 Å². The Labute approximate surface area is 130 Å². The van der Waals surface area contributed by atoms with Crippen LogP contribution in [0.4, 0.5) is 0 Å². The largest absolute Gasteiger partial charge is 0.484 e. The standard InChI is InChI=1S/C16H21ClN2O2/c1-11-8-13(17)2-3-15(11)21-10-16(20)18-14-9-19-6-4-12(14)5-7-19/h2-3,8,12,14H,4-7,9-10H2,1H3,(H,18,20). The normalized spacial score (nSPS) is 27.4. The van der Waals surface area contributed by atoms with Crippen molar-refractivity contribution in [1.29, 1.82) is 0 Å². The molecule has 4 rings (SSSR count). The molecule has 0 aliphatic carbocycles. The van der Waals surface area contributed by atoms with E-state index in [-0.39, 0.29) is 18.6 Å². The lowest BCUT2D eigenvalue weighted by Crippen LogP contribution is -2.57. The van der Waals surface area contributed by atoms with Gasteiger partial charge < -0.3 is 15.0 Å². The highest BCUT2D eigenvalue weighted by atomic mass is 35.5. The number of hydrogen-bond donors (Lipinski definition) is 1. The molecule has 4 nitrogen and oxygen atoms in total. The quantitative estimate of drug-likeness (QED) is 0.927. The molecular formula is C16H21ClN2O2. The second-order valence-electron chi connectivity index (χ2n) is 6.01. The number of carbonyl (C=O) groups excluding carboxylic acids is 1. The Balaban J connectivity index is 1.50. The van der Waals surface area contributed by atoms with E-state index < -0.39 is 0 Å². The molecule has 0 radical (unpaired) electrons. The third kappa shape index (κ3) is 3.50. The van der Waals surface area contributed by atoms with Gasteiger partial charge >= 0.3 is 0 Å². The first-order valence-corrected chi connectivity index (χ1v) is 7.90. The molecule has 0 spiro atoms. The van der Waals surface area contributed by atoms with Gasteiger partial charge in [0.25, 0.3) is 5.91 Å². The van der Waals surface area contributed by atoms with E-state index in [0.717, 1.165) is 12.1 Å². The van der Waals surface area contributed by atoms with E-state index in [1.54, 1.807) is 12.1 Å². The van der Waals surface area contributed by atoms with Crippen LogP contribution in [0.1, 0.15) is 18.4 Å². The molecule has 2 bridgehead atoms. The van der Waals surface area contributed by atoms with Crippen LogP contribution >= 0.6 is 11.6 Å². The van der Waals surface area contributed by atoms with E-state index in [0.29, 0.717) is 16.7 Å². The fourth-order valence-electron chi connectivity index (χ4n) is 3.30. The minimum atomic E-state index is -0.0388. The molecule has 1 aromatic rings. The Morgan fingerprint density at radius 2 is 2.19 bits per heavy atom. The number of halogens is 1. The summed E-state index contributed by atoms with van der Waals surface area (Å²) < 4.78 is 5.59. The highest BCUT2D eigenvalue weighted by Gasteiger charge is 2.34. The lowest BCUT2D eigenvalue weighted by atomic mass is 9.84. The lowest BCUT2D eigenvalue weighted by molar-refractivity contribution is -0.125. The van der Waals surface area contributed by atoms with Crippen LogP contribution in [0, 0.1) is 12.8 Å². The van der Waals surface area contributed by atoms with Crippen molar-refractivity contribution in [2.75, 3.05) is 26.2 Å². The molecule has 114 valence electrons. The van der Waals surface area contributed by atoms with E-state index in [4.69, 9.17) is 16.3 Å². The van der Waals surface area contributed by atoms with Crippen LogP contribution in [0.5, 0.6) is 5.75 Å². The van der Waals surface area contributed by atoms with Gasteiger partial charge in [-0.3, -0.25) is 4.79 Å². The van der Waals surface area contributed by atoms with Crippen molar-refractivity contribution in [2.45, 2.75) is 25.8 Å². The molecule has 0 aromatic heterocycles. The third-order valence-corrected chi connectivity index (χ3v) is 4.73. The number of rotatable bonds is 4. The SMILES string of the molecule is Cc1cc(Cl)ccc1OCC(=O)NC1CN2CCC1CC2. The summed E-state index contributed by atoms with van der Waals surface area (Å²) in [6.45, 7) is 5.32. The van der Waals surface area contributed by atoms with Crippen LogP contribution in [0.15, 0.2) is 18.2 Å². The molecule has 1 amide bonds. The van der Waals surface area contributed by atoms with Crippen molar-refractivity contribution in [3.8, 4) is 5.75 Å². The number of carbonyl (C=O) groups is 1. The molecule has 1 atom stereocenters. The number of nitrogens with one attached hydrogen (secondary N) is 1. The van der Waals surface area contributed by atoms with Crippen molar-refractivity contribution in [3.63, 3.8) is 0 Å². The lowest BCUT2D eigenvalue weighted by Gasteiger charge is -2.44. The van der Waals surface area contributed by atoms with Crippen molar-refractivity contribution in [3.05, 3.63) is 28.8 Å². The number of amides is 1. The molecule has 3 saturated heterocycles. The highest BCUT2D eigenvalue weighted by molar-refractivity contribution is 6.30. The fraction of sp³-hybridized carbons (Fsp3) is 0.562. The second-order valence-corrected chi connectivity index (χ2v) is 6.45. The number of aryl methyl sites for hydroxylation is 1. The van der Waals surface area contributed by atoms with Crippen molar-refractivity contribution in [2.24, 2.45) is 5.92 Å². The molecule has 3 heterocycles. The third-order valence-electron chi connectivity index (χ3n) is 4.50. The Morgan fingerprint density at radius 3 is 2.81 bits per heavy atom. The molecular weight excluding hydrogens is 288 g/mol. The van der Waals surface area contributed by atoms with E-state index in [9.17, 15) is 4.79 Å². The molecule has 1 unspecified atom stereocenters. The number of piperidine rings is 3. The van der Waals surface area contributed by atoms with Crippen molar-refractivity contribution < 1.29 is 9.53 Å². The summed E-state index contributed by atoms with van der Waals surface area (Å²) in [7, 11) is 0. The first-order chi connectivity index (χ1) is 10.1. The highest BCUT2D eigenvalue weighted by Crippen LogP contribution is 2.27. The van der Waals surface area contributed by atoms with Gasteiger partial charge in [-0.25, -0.2) is 0 Å². The molecule has 1 aromatic carbocycles. The number of nitrogens with zero attached hydrogens (tertiary/aromatic N) is 1. The van der Waals surface area contributed by atoms with E-state index in [1.165, 1.54) is 25.9 Å². The molecule has 3 aliphatic heterocycles. The van der Waals surface area contributed by atoms with Gasteiger partial charge in [-0.2, -0.15) is 0 Å². The molecule has 1 N–H and O–H groups in total. The monoisotopic (exact) mass is 308 g/mol. The maximum Gasteiger partial charge on any atom is 0.258 e. The summed E-state index contributed by atoms with van der Waals surface area (Å²) >= 11 is 5.91. The Kier molecular flexibility index (Phi) is 4.36. The number of fused-ring (bicyclic) bond motifs is 3. The van der Waals surface area contributed by atoms with Crippen molar-refractivity contribution in [1.82, 2.24) is 10.2 Å². The summed E-state index contributed by atoms with van der Waals surface area (Å²) in [4.78, 5) is 14.5. The number of ether oxygens (including phenoxy) is 1. The van der Waals surface area contributed by atoms with Gasteiger partial charge in [0, 0.05) is 17.6 Å². The predicted octanol–water partition coefficient (Wildman–Crippen LogP) is 2.24. The average molecular weight is 309 g/mol. The van der Waals surface area contributed by atoms with E-state index in [1.807, 2.05) is 13.0 Å². The summed E-state index contributed by atoms with van der Waals surface area (Å²) in [6, 6.07) is 5.70. The number of benzene rings is 1. The minimum Gasteiger partial charge on any atom is -0.484 e. The van der Waals surface area contributed by atoms with Gasteiger partial charge in [0.1, 0.15) is 5.75 Å². The van der Waals surface area contributed by atoms with Gasteiger partial charge in [0.2, 0.25) is 0 Å². The zero-order valence-electron chi connectivity index (χ0n) is 12.3. The molecule has 5 heteroatoms. The zero-order chi connectivity index (χ0) is 14.8. The van der Waals surface area contributed by atoms with Crippen LogP contribution in [0.25, 0.3) is 0 Å². The van der Waals surface area contributed by atoms with Crippen LogP contribution in [-0.4, -0.2) is 43.1 Å². The van der Waals surface area contributed by atoms with Crippen LogP contribution in [-0.2, 0) is 4.79 Å². The summed E-state index contributed by atoms with van der Waals surface area (Å²) in [5, 5.41) is 3.80. The fourth-order valence-corrected chi connectivity index (χ4v) is 3.52. The van der Waals surface area contributed by atoms with Gasteiger partial charge in [0.05, 0.1) is 0 Å². The van der Waals surface area contributed by atoms with E-state index >= 15 is 0 Å². The maximum atomic E-state index is 12.1. The molecule has 3 fully saturated rings. The first-order valence-electron chi connectivity index (χ1n) is 7.52. The maximum absolute atomic E-state index is 12.1. The summed E-state index contributed by atoms with van der Waals surface area (Å²) in [5.41, 5.74) is 0.943. The predicted molar refractivity (Wildman–Crippen MR) is 82.8 cm³/mol. The molecule has 0 saturated carbocycles. The Hall–Kier alpha value is -1.26. The number of hydrogen-bond acceptors (Lipinski definition) is 3.